The summed E-state index contributed by atoms with van der Waals surface area (Å²) >= 11 is 0. The van der Waals surface area contributed by atoms with Gasteiger partial charge in [0.1, 0.15) is 5.75 Å². The van der Waals surface area contributed by atoms with Crippen molar-refractivity contribution < 1.29 is 19.7 Å². The average Bonchev–Trinajstić information content (AvgIpc) is 2.31. The molecule has 5 nitrogen and oxygen atoms in total. The van der Waals surface area contributed by atoms with E-state index in [1.54, 1.807) is 13.0 Å². The number of carbonyl (C=O) groups excluding carboxylic acids is 1. The van der Waals surface area contributed by atoms with Crippen molar-refractivity contribution in [2.45, 2.75) is 13.0 Å². The van der Waals surface area contributed by atoms with Gasteiger partial charge in [0, 0.05) is 12.7 Å². The first-order chi connectivity index (χ1) is 8.08. The molecule has 0 saturated heterocycles. The van der Waals surface area contributed by atoms with Gasteiger partial charge in [0.2, 0.25) is 0 Å². The van der Waals surface area contributed by atoms with Crippen LogP contribution in [0.3, 0.4) is 0 Å². The highest BCUT2D eigenvalue weighted by Gasteiger charge is 2.13. The first kappa shape index (κ1) is 13.5. The Bertz CT molecular complexity index is 392. The second kappa shape index (κ2) is 6.22. The zero-order valence-corrected chi connectivity index (χ0v) is 9.93. The van der Waals surface area contributed by atoms with E-state index in [1.165, 1.54) is 19.2 Å². The highest BCUT2D eigenvalue weighted by atomic mass is 16.5. The molecule has 0 spiro atoms. The van der Waals surface area contributed by atoms with E-state index >= 15 is 0 Å². The first-order valence-corrected chi connectivity index (χ1v) is 5.28. The van der Waals surface area contributed by atoms with Gasteiger partial charge in [0.05, 0.1) is 19.3 Å². The quantitative estimate of drug-likeness (QED) is 0.696. The summed E-state index contributed by atoms with van der Waals surface area (Å²) in [5, 5.41) is 21.0. The molecule has 0 heterocycles. The third-order valence-corrected chi connectivity index (χ3v) is 2.38. The number of phenolic OH excluding ortho intramolecular Hbond substituents is 1. The topological polar surface area (TPSA) is 78.8 Å². The number of ether oxygens (including phenoxy) is 1. The number of phenols is 1. The minimum absolute atomic E-state index is 0.150. The summed E-state index contributed by atoms with van der Waals surface area (Å²) in [6, 6.07) is 4.15. The molecule has 0 fully saturated rings. The predicted molar refractivity (Wildman–Crippen MR) is 63.1 cm³/mol. The number of aromatic hydroxyl groups is 1. The molecule has 0 radical (unpaired) electrons. The van der Waals surface area contributed by atoms with Gasteiger partial charge in [0.25, 0.3) is 5.91 Å². The normalized spacial score (nSPS) is 12.2. The molecule has 0 saturated carbocycles. The maximum absolute atomic E-state index is 11.8. The Morgan fingerprint density at radius 1 is 1.53 bits per heavy atom. The Morgan fingerprint density at radius 2 is 2.24 bits per heavy atom. The molecule has 1 amide bonds. The maximum Gasteiger partial charge on any atom is 0.251 e. The summed E-state index contributed by atoms with van der Waals surface area (Å²) in [5.41, 5.74) is 1.07. The highest BCUT2D eigenvalue weighted by Crippen LogP contribution is 2.16. The fourth-order valence-electron chi connectivity index (χ4n) is 1.41. The van der Waals surface area contributed by atoms with Gasteiger partial charge in [-0.1, -0.05) is 0 Å². The number of amides is 1. The predicted octanol–water partition coefficient (Wildman–Crippen LogP) is 0.438. The van der Waals surface area contributed by atoms with E-state index in [0.717, 1.165) is 0 Å². The second-order valence-corrected chi connectivity index (χ2v) is 3.81. The minimum Gasteiger partial charge on any atom is -0.508 e. The molecule has 3 N–H and O–H groups in total. The molecule has 0 aliphatic carbocycles. The smallest absolute Gasteiger partial charge is 0.251 e. The molecule has 0 aliphatic rings. The van der Waals surface area contributed by atoms with Crippen LogP contribution in [0, 0.1) is 6.92 Å². The molecule has 1 atom stereocenters. The van der Waals surface area contributed by atoms with Crippen molar-refractivity contribution in [1.82, 2.24) is 5.32 Å². The number of aryl methyl sites for hydroxylation is 1. The molecule has 0 bridgehead atoms. The van der Waals surface area contributed by atoms with Crippen LogP contribution in [0.15, 0.2) is 18.2 Å². The summed E-state index contributed by atoms with van der Waals surface area (Å²) in [6.07, 6.45) is 0. The van der Waals surface area contributed by atoms with Gasteiger partial charge in [-0.3, -0.25) is 4.79 Å². The van der Waals surface area contributed by atoms with Crippen molar-refractivity contribution in [3.8, 4) is 5.75 Å². The van der Waals surface area contributed by atoms with E-state index in [0.29, 0.717) is 11.1 Å². The van der Waals surface area contributed by atoms with Crippen LogP contribution in [0.4, 0.5) is 0 Å². The van der Waals surface area contributed by atoms with Crippen molar-refractivity contribution in [2.75, 3.05) is 20.3 Å². The Morgan fingerprint density at radius 3 is 2.76 bits per heavy atom. The fraction of sp³-hybridized carbons (Fsp3) is 0.417. The number of nitrogens with one attached hydrogen (secondary N) is 1. The van der Waals surface area contributed by atoms with Crippen LogP contribution < -0.4 is 5.32 Å². The summed E-state index contributed by atoms with van der Waals surface area (Å²) in [7, 11) is 1.50. The molecule has 94 valence electrons. The van der Waals surface area contributed by atoms with E-state index in [2.05, 4.69) is 5.32 Å². The first-order valence-electron chi connectivity index (χ1n) is 5.28. The number of methoxy groups -OCH3 is 1. The Balaban J connectivity index is 2.72. The molecule has 1 unspecified atom stereocenters. The van der Waals surface area contributed by atoms with Gasteiger partial charge in [-0.25, -0.2) is 0 Å². The molecular formula is C12H17NO4. The fourth-order valence-corrected chi connectivity index (χ4v) is 1.41. The number of rotatable bonds is 5. The van der Waals surface area contributed by atoms with Crippen LogP contribution in [0.25, 0.3) is 0 Å². The monoisotopic (exact) mass is 239 g/mol. The van der Waals surface area contributed by atoms with Gasteiger partial charge in [-0.2, -0.15) is 0 Å². The van der Waals surface area contributed by atoms with Gasteiger partial charge >= 0.3 is 0 Å². The Labute approximate surface area is 100 Å². The zero-order chi connectivity index (χ0) is 12.8. The third-order valence-electron chi connectivity index (χ3n) is 2.38. The van der Waals surface area contributed by atoms with E-state index < -0.39 is 6.04 Å². The highest BCUT2D eigenvalue weighted by molar-refractivity contribution is 5.94. The number of carbonyl (C=O) groups is 1. The Kier molecular flexibility index (Phi) is 4.93. The van der Waals surface area contributed by atoms with Crippen molar-refractivity contribution in [3.63, 3.8) is 0 Å². The summed E-state index contributed by atoms with van der Waals surface area (Å²) in [4.78, 5) is 11.8. The Hall–Kier alpha value is -1.59. The summed E-state index contributed by atoms with van der Waals surface area (Å²) in [5.74, 6) is -0.152. The van der Waals surface area contributed by atoms with Gasteiger partial charge in [0.15, 0.2) is 0 Å². The maximum atomic E-state index is 11.8. The molecule has 1 aromatic rings. The minimum atomic E-state index is -0.429. The molecular weight excluding hydrogens is 222 g/mol. The van der Waals surface area contributed by atoms with Crippen molar-refractivity contribution >= 4 is 5.91 Å². The van der Waals surface area contributed by atoms with Gasteiger partial charge < -0.3 is 20.3 Å². The van der Waals surface area contributed by atoms with Crippen molar-refractivity contribution in [2.24, 2.45) is 0 Å². The number of hydrogen-bond donors (Lipinski definition) is 3. The van der Waals surface area contributed by atoms with Crippen LogP contribution in [0.5, 0.6) is 5.75 Å². The average molecular weight is 239 g/mol. The summed E-state index contributed by atoms with van der Waals surface area (Å²) in [6.45, 7) is 1.78. The molecule has 1 aromatic carbocycles. The third kappa shape index (κ3) is 3.72. The van der Waals surface area contributed by atoms with Crippen molar-refractivity contribution in [1.29, 1.82) is 0 Å². The lowest BCUT2D eigenvalue weighted by Crippen LogP contribution is -2.40. The number of hydrogen-bond acceptors (Lipinski definition) is 4. The van der Waals surface area contributed by atoms with Crippen LogP contribution in [-0.4, -0.2) is 42.5 Å². The summed E-state index contributed by atoms with van der Waals surface area (Å²) < 4.78 is 4.86. The number of benzene rings is 1. The molecule has 17 heavy (non-hydrogen) atoms. The van der Waals surface area contributed by atoms with E-state index in [-0.39, 0.29) is 24.9 Å². The lowest BCUT2D eigenvalue weighted by molar-refractivity contribution is 0.0839. The van der Waals surface area contributed by atoms with Crippen LogP contribution in [0.2, 0.25) is 0 Å². The SMILES string of the molecule is COCC(CO)NC(=O)c1ccc(O)c(C)c1. The van der Waals surface area contributed by atoms with E-state index in [1.807, 2.05) is 0 Å². The molecule has 5 heteroatoms. The zero-order valence-electron chi connectivity index (χ0n) is 9.93. The molecule has 1 rings (SSSR count). The lowest BCUT2D eigenvalue weighted by Gasteiger charge is -2.15. The number of aliphatic hydroxyl groups excluding tert-OH is 1. The second-order valence-electron chi connectivity index (χ2n) is 3.81. The van der Waals surface area contributed by atoms with Gasteiger partial charge in [-0.05, 0) is 30.7 Å². The van der Waals surface area contributed by atoms with Crippen molar-refractivity contribution in [3.05, 3.63) is 29.3 Å². The lowest BCUT2D eigenvalue weighted by atomic mass is 10.1. The van der Waals surface area contributed by atoms with Gasteiger partial charge in [-0.15, -0.1) is 0 Å². The number of aliphatic hydroxyl groups is 1. The molecule has 0 aliphatic heterocycles. The van der Waals surface area contributed by atoms with Crippen LogP contribution in [-0.2, 0) is 4.74 Å². The van der Waals surface area contributed by atoms with Crippen LogP contribution >= 0.6 is 0 Å². The standard InChI is InChI=1S/C12H17NO4/c1-8-5-9(3-4-11(8)15)12(16)13-10(6-14)7-17-2/h3-5,10,14-15H,6-7H2,1-2H3,(H,13,16). The van der Waals surface area contributed by atoms with E-state index in [4.69, 9.17) is 9.84 Å². The molecule has 0 aromatic heterocycles. The van der Waals surface area contributed by atoms with E-state index in [9.17, 15) is 9.90 Å². The van der Waals surface area contributed by atoms with Crippen LogP contribution in [0.1, 0.15) is 15.9 Å². The largest absolute Gasteiger partial charge is 0.508 e.